The van der Waals surface area contributed by atoms with E-state index in [1.165, 1.54) is 4.90 Å². The number of nitrogens with zero attached hydrogens (tertiary/aromatic N) is 2. The third-order valence-electron chi connectivity index (χ3n) is 3.59. The lowest BCUT2D eigenvalue weighted by Gasteiger charge is -2.20. The van der Waals surface area contributed by atoms with Crippen LogP contribution in [-0.2, 0) is 10.9 Å². The molecule has 0 spiro atoms. The number of amides is 1. The van der Waals surface area contributed by atoms with Crippen molar-refractivity contribution in [3.8, 4) is 6.07 Å². The molecule has 1 unspecified atom stereocenters. The van der Waals surface area contributed by atoms with Gasteiger partial charge in [0, 0.05) is 24.3 Å². The lowest BCUT2D eigenvalue weighted by atomic mass is 10.0. The van der Waals surface area contributed by atoms with Crippen molar-refractivity contribution < 1.29 is 22.7 Å². The van der Waals surface area contributed by atoms with E-state index in [4.69, 9.17) is 4.74 Å². The molecule has 23 heavy (non-hydrogen) atoms. The van der Waals surface area contributed by atoms with E-state index in [2.05, 4.69) is 0 Å². The Morgan fingerprint density at radius 3 is 2.65 bits per heavy atom. The van der Waals surface area contributed by atoms with Gasteiger partial charge >= 0.3 is 6.18 Å². The molecular formula is C16H17F3N2O2. The Labute approximate surface area is 132 Å². The highest BCUT2D eigenvalue weighted by atomic mass is 19.4. The fraction of sp³-hybridized carbons (Fsp3) is 0.500. The minimum atomic E-state index is -4.50. The standard InChI is InChI=1S/C16H17F3N2O2/c1-10(2)23-7-3-6-21-14(9-20)13-8-11(16(17,18)19)4-5-12(13)15(21)22/h4-5,8,10,14H,3,6-7H2,1-2H3. The first-order valence-corrected chi connectivity index (χ1v) is 7.29. The summed E-state index contributed by atoms with van der Waals surface area (Å²) in [6.45, 7) is 4.45. The van der Waals surface area contributed by atoms with Crippen molar-refractivity contribution in [2.24, 2.45) is 0 Å². The summed E-state index contributed by atoms with van der Waals surface area (Å²) in [5.74, 6) is -0.412. The maximum atomic E-state index is 12.8. The number of hydrogen-bond donors (Lipinski definition) is 0. The van der Waals surface area contributed by atoms with Gasteiger partial charge in [-0.3, -0.25) is 4.79 Å². The zero-order valence-electron chi connectivity index (χ0n) is 12.9. The molecule has 0 N–H and O–H groups in total. The zero-order valence-corrected chi connectivity index (χ0v) is 12.9. The molecule has 1 aliphatic rings. The summed E-state index contributed by atoms with van der Waals surface area (Å²) in [4.78, 5) is 13.6. The van der Waals surface area contributed by atoms with Crippen LogP contribution >= 0.6 is 0 Å². The average molecular weight is 326 g/mol. The van der Waals surface area contributed by atoms with E-state index in [1.807, 2.05) is 19.9 Å². The van der Waals surface area contributed by atoms with E-state index in [1.54, 1.807) is 0 Å². The highest BCUT2D eigenvalue weighted by Crippen LogP contribution is 2.38. The van der Waals surface area contributed by atoms with Crippen LogP contribution in [0.3, 0.4) is 0 Å². The zero-order chi connectivity index (χ0) is 17.2. The molecule has 1 aliphatic heterocycles. The fourth-order valence-corrected chi connectivity index (χ4v) is 2.52. The van der Waals surface area contributed by atoms with Crippen molar-refractivity contribution in [3.63, 3.8) is 0 Å². The third-order valence-corrected chi connectivity index (χ3v) is 3.59. The normalized spacial score (nSPS) is 17.5. The van der Waals surface area contributed by atoms with Crippen molar-refractivity contribution in [1.29, 1.82) is 5.26 Å². The number of carbonyl (C=O) groups is 1. The van der Waals surface area contributed by atoms with Crippen molar-refractivity contribution in [2.45, 2.75) is 38.6 Å². The van der Waals surface area contributed by atoms with Gasteiger partial charge in [-0.25, -0.2) is 0 Å². The van der Waals surface area contributed by atoms with Gasteiger partial charge in [0.15, 0.2) is 0 Å². The van der Waals surface area contributed by atoms with E-state index >= 15 is 0 Å². The van der Waals surface area contributed by atoms with Gasteiger partial charge in [0.1, 0.15) is 6.04 Å². The van der Waals surface area contributed by atoms with Crippen LogP contribution in [-0.4, -0.2) is 30.1 Å². The molecule has 1 amide bonds. The maximum Gasteiger partial charge on any atom is 0.416 e. The van der Waals surface area contributed by atoms with Crippen LogP contribution in [0.5, 0.6) is 0 Å². The number of nitriles is 1. The SMILES string of the molecule is CC(C)OCCCN1C(=O)c2ccc(C(F)(F)F)cc2C1C#N. The molecule has 1 aromatic rings. The first-order valence-electron chi connectivity index (χ1n) is 7.29. The monoisotopic (exact) mass is 326 g/mol. The summed E-state index contributed by atoms with van der Waals surface area (Å²) in [5, 5.41) is 9.28. The first kappa shape index (κ1) is 17.3. The van der Waals surface area contributed by atoms with Gasteiger partial charge < -0.3 is 9.64 Å². The maximum absolute atomic E-state index is 12.8. The van der Waals surface area contributed by atoms with Crippen molar-refractivity contribution in [3.05, 3.63) is 34.9 Å². The number of fused-ring (bicyclic) bond motifs is 1. The highest BCUT2D eigenvalue weighted by Gasteiger charge is 2.39. The number of rotatable bonds is 5. The third kappa shape index (κ3) is 3.64. The molecule has 0 aromatic heterocycles. The topological polar surface area (TPSA) is 53.3 Å². The Morgan fingerprint density at radius 2 is 2.09 bits per heavy atom. The Kier molecular flexibility index (Phi) is 4.95. The first-order chi connectivity index (χ1) is 10.8. The largest absolute Gasteiger partial charge is 0.416 e. The minimum Gasteiger partial charge on any atom is -0.379 e. The average Bonchev–Trinajstić information content (AvgIpc) is 2.74. The minimum absolute atomic E-state index is 0.0579. The molecular weight excluding hydrogens is 309 g/mol. The molecule has 0 aliphatic carbocycles. The number of carbonyl (C=O) groups excluding carboxylic acids is 1. The Hall–Kier alpha value is -2.07. The summed E-state index contributed by atoms with van der Waals surface area (Å²) in [6, 6.07) is 3.85. The lowest BCUT2D eigenvalue weighted by molar-refractivity contribution is -0.137. The number of benzene rings is 1. The summed E-state index contributed by atoms with van der Waals surface area (Å²) < 4.78 is 43.8. The van der Waals surface area contributed by atoms with Gasteiger partial charge in [0.25, 0.3) is 5.91 Å². The van der Waals surface area contributed by atoms with Gasteiger partial charge in [-0.05, 0) is 38.5 Å². The molecule has 0 saturated carbocycles. The van der Waals surface area contributed by atoms with Crippen molar-refractivity contribution >= 4 is 5.91 Å². The van der Waals surface area contributed by atoms with Gasteiger partial charge in [-0.2, -0.15) is 18.4 Å². The van der Waals surface area contributed by atoms with Crippen LogP contribution in [0.4, 0.5) is 13.2 Å². The molecule has 1 atom stereocenters. The van der Waals surface area contributed by atoms with Crippen molar-refractivity contribution in [2.75, 3.05) is 13.2 Å². The smallest absolute Gasteiger partial charge is 0.379 e. The molecule has 0 saturated heterocycles. The molecule has 0 radical (unpaired) electrons. The molecule has 1 aromatic carbocycles. The van der Waals surface area contributed by atoms with E-state index in [0.717, 1.165) is 18.2 Å². The molecule has 0 fully saturated rings. The van der Waals surface area contributed by atoms with E-state index < -0.39 is 23.7 Å². The second-order valence-electron chi connectivity index (χ2n) is 5.60. The number of halogens is 3. The van der Waals surface area contributed by atoms with Crippen LogP contribution < -0.4 is 0 Å². The highest BCUT2D eigenvalue weighted by molar-refractivity contribution is 5.99. The van der Waals surface area contributed by atoms with Crippen LogP contribution in [0.1, 0.15) is 47.8 Å². The fourth-order valence-electron chi connectivity index (χ4n) is 2.52. The van der Waals surface area contributed by atoms with Gasteiger partial charge in [0.05, 0.1) is 17.7 Å². The summed E-state index contributed by atoms with van der Waals surface area (Å²) in [5.41, 5.74) is -0.569. The molecule has 7 heteroatoms. The number of ether oxygens (including phenoxy) is 1. The van der Waals surface area contributed by atoms with E-state index in [9.17, 15) is 23.2 Å². The van der Waals surface area contributed by atoms with Crippen molar-refractivity contribution in [1.82, 2.24) is 4.90 Å². The Balaban J connectivity index is 2.19. The molecule has 4 nitrogen and oxygen atoms in total. The van der Waals surface area contributed by atoms with E-state index in [0.29, 0.717) is 13.0 Å². The summed E-state index contributed by atoms with van der Waals surface area (Å²) in [7, 11) is 0. The van der Waals surface area contributed by atoms with Crippen LogP contribution in [0, 0.1) is 11.3 Å². The van der Waals surface area contributed by atoms with Gasteiger partial charge in [0.2, 0.25) is 0 Å². The Bertz CT molecular complexity index is 635. The summed E-state index contributed by atoms with van der Waals surface area (Å²) >= 11 is 0. The predicted molar refractivity (Wildman–Crippen MR) is 76.5 cm³/mol. The van der Waals surface area contributed by atoms with Crippen LogP contribution in [0.15, 0.2) is 18.2 Å². The number of hydrogen-bond acceptors (Lipinski definition) is 3. The van der Waals surface area contributed by atoms with Gasteiger partial charge in [-0.1, -0.05) is 0 Å². The quantitative estimate of drug-likeness (QED) is 0.778. The second-order valence-corrected chi connectivity index (χ2v) is 5.60. The molecule has 1 heterocycles. The second kappa shape index (κ2) is 6.59. The van der Waals surface area contributed by atoms with E-state index in [-0.39, 0.29) is 23.8 Å². The van der Waals surface area contributed by atoms with Crippen LogP contribution in [0.25, 0.3) is 0 Å². The number of alkyl halides is 3. The lowest BCUT2D eigenvalue weighted by Crippen LogP contribution is -2.29. The van der Waals surface area contributed by atoms with Gasteiger partial charge in [-0.15, -0.1) is 0 Å². The molecule has 2 rings (SSSR count). The predicted octanol–water partition coefficient (Wildman–Crippen LogP) is 3.54. The summed E-state index contributed by atoms with van der Waals surface area (Å²) in [6.07, 6.45) is -3.93. The Morgan fingerprint density at radius 1 is 1.39 bits per heavy atom. The molecule has 124 valence electrons. The molecule has 0 bridgehead atoms. The van der Waals surface area contributed by atoms with Crippen LogP contribution in [0.2, 0.25) is 0 Å².